The van der Waals surface area contributed by atoms with Gasteiger partial charge in [0.2, 0.25) is 11.4 Å². The summed E-state index contributed by atoms with van der Waals surface area (Å²) in [4.78, 5) is 80.7. The minimum absolute atomic E-state index is 0.0248. The van der Waals surface area contributed by atoms with Crippen LogP contribution in [0.3, 0.4) is 0 Å². The average Bonchev–Trinajstić information content (AvgIpc) is 3.22. The number of hydrogen-bond acceptors (Lipinski definition) is 15. The zero-order chi connectivity index (χ0) is 35.5. The number of aliphatic hydroxyl groups is 2. The van der Waals surface area contributed by atoms with Crippen molar-refractivity contribution in [1.29, 1.82) is 0 Å². The van der Waals surface area contributed by atoms with Crippen molar-refractivity contribution in [2.45, 2.75) is 88.7 Å². The molecule has 2 fully saturated rings. The van der Waals surface area contributed by atoms with E-state index in [2.05, 4.69) is 9.68 Å². The largest absolute Gasteiger partial charge is 0.508 e. The topological polar surface area (TPSA) is 241 Å². The lowest BCUT2D eigenvalue weighted by Gasteiger charge is -2.62. The molecule has 2 saturated carbocycles. The number of esters is 1. The molecule has 2 N–H and O–H groups in total. The number of nitrogens with zero attached hydrogens (tertiary/aromatic N) is 2. The average molecular weight is 687 g/mol. The number of rotatable bonds is 15. The van der Waals surface area contributed by atoms with Crippen molar-refractivity contribution in [3.63, 3.8) is 0 Å². The fourth-order valence-electron chi connectivity index (χ4n) is 8.22. The Morgan fingerprint density at radius 2 is 1.62 bits per heavy atom. The van der Waals surface area contributed by atoms with Crippen molar-refractivity contribution in [3.05, 3.63) is 44.0 Å². The molecule has 0 aliphatic heterocycles. The first-order valence-corrected chi connectivity index (χ1v) is 15.6. The molecule has 8 atom stereocenters. The van der Waals surface area contributed by atoms with Gasteiger partial charge in [0.25, 0.3) is 10.2 Å². The Morgan fingerprint density at radius 1 is 0.979 bits per heavy atom. The highest BCUT2D eigenvalue weighted by molar-refractivity contribution is 5.94. The third-order valence-electron chi connectivity index (χ3n) is 10.5. The van der Waals surface area contributed by atoms with Gasteiger partial charge in [-0.05, 0) is 57.4 Å². The summed E-state index contributed by atoms with van der Waals surface area (Å²) in [6.07, 6.45) is -1.33. The van der Waals surface area contributed by atoms with Crippen LogP contribution in [0.5, 0.6) is 0 Å². The zero-order valence-electron chi connectivity index (χ0n) is 26.5. The maximum atomic E-state index is 17.5. The number of halogens is 1. The first-order chi connectivity index (χ1) is 22.5. The number of carbonyl (C=O) groups excluding carboxylic acids is 4. The van der Waals surface area contributed by atoms with Crippen LogP contribution in [0, 0.1) is 42.9 Å². The van der Waals surface area contributed by atoms with Crippen LogP contribution in [-0.4, -0.2) is 94.0 Å². The number of hydrogen-bond donors (Lipinski definition) is 2. The Kier molecular flexibility index (Phi) is 10.8. The zero-order valence-corrected chi connectivity index (χ0v) is 26.5. The molecule has 0 radical (unpaired) electrons. The van der Waals surface area contributed by atoms with Crippen LogP contribution in [0.25, 0.3) is 0 Å². The third kappa shape index (κ3) is 6.46. The van der Waals surface area contributed by atoms with E-state index in [0.717, 1.165) is 0 Å². The summed E-state index contributed by atoms with van der Waals surface area (Å²) in [5.74, 6) is -4.18. The predicted molar refractivity (Wildman–Crippen MR) is 155 cm³/mol. The van der Waals surface area contributed by atoms with Crippen LogP contribution >= 0.6 is 0 Å². The summed E-state index contributed by atoms with van der Waals surface area (Å²) in [6, 6.07) is 0. The molecule has 4 aliphatic rings. The SMILES string of the molecule is C[C@]12C=CC(=O)CC1=CCC1C3C[C@@H](O)[C@](OC(=O)CCCO[N+](=O)[O-])(C(=O)COC(=O)OCCCCO[N+](=O)[O-])[C@@]3(C)C[C@H](O)[C@@]12F. The number of allylic oxidation sites excluding steroid dienone is 4. The molecule has 48 heavy (non-hydrogen) atoms. The molecule has 0 bridgehead atoms. The molecule has 266 valence electrons. The molecule has 0 amide bonds. The Labute approximate surface area is 273 Å². The van der Waals surface area contributed by atoms with E-state index in [9.17, 15) is 49.6 Å². The Morgan fingerprint density at radius 3 is 2.29 bits per heavy atom. The van der Waals surface area contributed by atoms with Gasteiger partial charge in [-0.1, -0.05) is 24.6 Å². The second kappa shape index (κ2) is 14.1. The number of aliphatic hydroxyl groups excluding tert-OH is 2. The van der Waals surface area contributed by atoms with Crippen molar-refractivity contribution >= 4 is 23.7 Å². The predicted octanol–water partition coefficient (Wildman–Crippen LogP) is 2.31. The van der Waals surface area contributed by atoms with Crippen molar-refractivity contribution in [3.8, 4) is 0 Å². The summed E-state index contributed by atoms with van der Waals surface area (Å²) in [7, 11) is 0. The van der Waals surface area contributed by atoms with Gasteiger partial charge in [0.15, 0.2) is 18.1 Å². The summed E-state index contributed by atoms with van der Waals surface area (Å²) in [5.41, 5.74) is -7.23. The molecule has 0 aromatic heterocycles. The van der Waals surface area contributed by atoms with E-state index in [-0.39, 0.29) is 57.5 Å². The molecule has 4 rings (SSSR count). The summed E-state index contributed by atoms with van der Waals surface area (Å²) in [5, 5.41) is 41.9. The fraction of sp³-hybridized carbons (Fsp3) is 0.733. The molecule has 2 unspecified atom stereocenters. The number of alkyl halides is 1. The van der Waals surface area contributed by atoms with Gasteiger partial charge in [0, 0.05) is 29.6 Å². The lowest BCUT2D eigenvalue weighted by atomic mass is 9.45. The van der Waals surface area contributed by atoms with Gasteiger partial charge in [0.05, 0.1) is 25.9 Å². The Hall–Kier alpha value is -4.19. The summed E-state index contributed by atoms with van der Waals surface area (Å²) in [6.45, 7) is 1.10. The number of ether oxygens (including phenoxy) is 3. The molecule has 17 nitrogen and oxygen atoms in total. The molecular weight excluding hydrogens is 647 g/mol. The molecule has 0 spiro atoms. The molecule has 0 saturated heterocycles. The van der Waals surface area contributed by atoms with Gasteiger partial charge in [-0.3, -0.25) is 14.4 Å². The standard InChI is InChI=1S/C30H39FN2O15/c1-27-10-9-19(34)14-18(27)7-8-20-21-15-22(35)30(28(21,2)16-23(36)29(20,27)31,48-25(38)6-5-13-47-33(42)43)24(37)17-45-26(39)44-11-3-4-12-46-32(40)41/h7,9-10,20-23,35-36H,3-6,8,11-17H2,1-2H3/t20?,21?,22-,23+,27+,28+,29+,30+/m1/s1. The summed E-state index contributed by atoms with van der Waals surface area (Å²) < 4.78 is 33.2. The highest BCUT2D eigenvalue weighted by Gasteiger charge is 2.77. The van der Waals surface area contributed by atoms with Crippen molar-refractivity contribution < 1.29 is 67.8 Å². The quantitative estimate of drug-likeness (QED) is 0.0826. The molecule has 18 heteroatoms. The third-order valence-corrected chi connectivity index (χ3v) is 10.5. The minimum atomic E-state index is -2.44. The number of carbonyl (C=O) groups is 4. The van der Waals surface area contributed by atoms with E-state index in [0.29, 0.717) is 5.57 Å². The first-order valence-electron chi connectivity index (χ1n) is 15.6. The van der Waals surface area contributed by atoms with E-state index in [4.69, 9.17) is 14.2 Å². The fourth-order valence-corrected chi connectivity index (χ4v) is 8.22. The van der Waals surface area contributed by atoms with Crippen LogP contribution in [0.4, 0.5) is 9.18 Å². The van der Waals surface area contributed by atoms with Crippen molar-refractivity contribution in [2.24, 2.45) is 22.7 Å². The monoisotopic (exact) mass is 686 g/mol. The number of unbranched alkanes of at least 4 members (excludes halogenated alkanes) is 1. The first kappa shape index (κ1) is 36.6. The Bertz CT molecular complexity index is 1390. The molecular formula is C30H39FN2O15. The Balaban J connectivity index is 1.59. The second-order valence-corrected chi connectivity index (χ2v) is 13.0. The molecule has 0 aromatic carbocycles. The number of Topliss-reactive ketones (excluding diaryl/α,β-unsaturated/α-hetero) is 1. The van der Waals surface area contributed by atoms with Crippen LogP contribution in [0.1, 0.15) is 65.2 Å². The van der Waals surface area contributed by atoms with E-state index in [1.165, 1.54) is 19.1 Å². The van der Waals surface area contributed by atoms with Crippen molar-refractivity contribution in [2.75, 3.05) is 26.4 Å². The smallest absolute Gasteiger partial charge is 0.447 e. The molecule has 0 aromatic rings. The molecule has 4 aliphatic carbocycles. The number of fused-ring (bicyclic) bond motifs is 5. The van der Waals surface area contributed by atoms with E-state index in [1.807, 2.05) is 0 Å². The highest BCUT2D eigenvalue weighted by Crippen LogP contribution is 2.69. The second-order valence-electron chi connectivity index (χ2n) is 13.0. The van der Waals surface area contributed by atoms with Gasteiger partial charge in [-0.25, -0.2) is 9.18 Å². The summed E-state index contributed by atoms with van der Waals surface area (Å²) >= 11 is 0. The highest BCUT2D eigenvalue weighted by atomic mass is 19.1. The van der Waals surface area contributed by atoms with Gasteiger partial charge >= 0.3 is 12.1 Å². The van der Waals surface area contributed by atoms with E-state index >= 15 is 4.39 Å². The van der Waals surface area contributed by atoms with Crippen LogP contribution < -0.4 is 0 Å². The van der Waals surface area contributed by atoms with Crippen LogP contribution in [0.2, 0.25) is 0 Å². The van der Waals surface area contributed by atoms with E-state index in [1.54, 1.807) is 13.0 Å². The van der Waals surface area contributed by atoms with Crippen LogP contribution in [0.15, 0.2) is 23.8 Å². The maximum absolute atomic E-state index is 17.5. The van der Waals surface area contributed by atoms with E-state index < -0.39 is 100 Å². The lowest BCUT2D eigenvalue weighted by Crippen LogP contribution is -2.70. The van der Waals surface area contributed by atoms with Gasteiger partial charge in [-0.2, -0.15) is 0 Å². The maximum Gasteiger partial charge on any atom is 0.508 e. The van der Waals surface area contributed by atoms with Gasteiger partial charge in [-0.15, -0.1) is 20.2 Å². The van der Waals surface area contributed by atoms with Gasteiger partial charge < -0.3 is 34.1 Å². The lowest BCUT2D eigenvalue weighted by molar-refractivity contribution is -0.757. The van der Waals surface area contributed by atoms with Crippen molar-refractivity contribution in [1.82, 2.24) is 0 Å². The normalized spacial score (nSPS) is 34.9. The minimum Gasteiger partial charge on any atom is -0.447 e. The van der Waals surface area contributed by atoms with Gasteiger partial charge in [0.1, 0.15) is 6.10 Å². The molecule has 0 heterocycles. The van der Waals surface area contributed by atoms with Crippen LogP contribution in [-0.2, 0) is 38.3 Å². The number of ketones is 2.